The second-order valence-corrected chi connectivity index (χ2v) is 21.3. The minimum atomic E-state index is -0.668. The van der Waals surface area contributed by atoms with Crippen molar-refractivity contribution in [2.24, 2.45) is 0 Å². The first-order valence-corrected chi connectivity index (χ1v) is 25.0. The van der Waals surface area contributed by atoms with Gasteiger partial charge in [0.25, 0.3) is 5.69 Å². The van der Waals surface area contributed by atoms with E-state index >= 15 is 0 Å². The molecule has 0 saturated carbocycles. The molecule has 14 nitrogen and oxygen atoms in total. The molecule has 2 aliphatic rings. The Morgan fingerprint density at radius 3 is 1.36 bits per heavy atom. The molecule has 6 aromatic carbocycles. The number of carbonyl (C=O) groups is 2. The third kappa shape index (κ3) is 10.5. The molecule has 6 aromatic rings. The molecule has 2 unspecified atom stereocenters. The minimum Gasteiger partial charge on any atom is -0.486 e. The second kappa shape index (κ2) is 20.6. The summed E-state index contributed by atoms with van der Waals surface area (Å²) in [5.41, 5.74) is 11.8. The highest BCUT2D eigenvalue weighted by Crippen LogP contribution is 2.57. The van der Waals surface area contributed by atoms with Crippen LogP contribution in [0.3, 0.4) is 0 Å². The molecule has 2 heterocycles. The number of nitro benzene ring substituents is 2. The summed E-state index contributed by atoms with van der Waals surface area (Å²) in [4.78, 5) is 45.0. The number of benzene rings is 6. The van der Waals surface area contributed by atoms with Gasteiger partial charge in [-0.25, -0.2) is 0 Å². The molecule has 2 aliphatic heterocycles. The van der Waals surface area contributed by atoms with Gasteiger partial charge in [-0.3, -0.25) is 29.8 Å². The van der Waals surface area contributed by atoms with E-state index in [2.05, 4.69) is 128 Å². The van der Waals surface area contributed by atoms with Crippen LogP contribution in [0.15, 0.2) is 84.9 Å². The average molecular weight is 1010 g/mol. The van der Waals surface area contributed by atoms with Gasteiger partial charge in [-0.15, -0.1) is 0 Å². The summed E-state index contributed by atoms with van der Waals surface area (Å²) in [6.07, 6.45) is 0. The average Bonchev–Trinajstić information content (AvgIpc) is 3.79. The highest BCUT2D eigenvalue weighted by Gasteiger charge is 2.47. The highest BCUT2D eigenvalue weighted by atomic mass is 16.6. The molecule has 0 radical (unpaired) electrons. The van der Waals surface area contributed by atoms with Crippen LogP contribution in [0, 0.1) is 61.8 Å². The number of hydrogen-bond acceptors (Lipinski definition) is 10. The van der Waals surface area contributed by atoms with E-state index in [0.29, 0.717) is 34.7 Å². The van der Waals surface area contributed by atoms with Gasteiger partial charge in [-0.05, 0) is 161 Å². The van der Waals surface area contributed by atoms with Gasteiger partial charge in [-0.2, -0.15) is 0 Å². The SMILES string of the molecule is CC(=O)Nc1ccc(Oc2c(C)c(C)c3c(c2C)C(c2ccc(C(C)C)cc2)C(C)(C)O3)c(NC(C)=O)c1.Cc1c(C)c2c(c(C)c1Oc1ccc([N+](=O)[O-])cc1[N+](=O)[O-])C(c1ccc(C(C)C)cc1)C(C)(C)O2. The first-order chi connectivity index (χ1) is 34.6. The lowest BCUT2D eigenvalue weighted by atomic mass is 9.78. The molecule has 0 fully saturated rings. The Labute approximate surface area is 434 Å². The van der Waals surface area contributed by atoms with Crippen LogP contribution in [-0.2, 0) is 9.59 Å². The summed E-state index contributed by atoms with van der Waals surface area (Å²) < 4.78 is 25.8. The van der Waals surface area contributed by atoms with Crippen molar-refractivity contribution in [2.75, 3.05) is 10.6 Å². The fourth-order valence-corrected chi connectivity index (χ4v) is 10.4. The molecular weight excluding hydrogens is 937 g/mol. The Bertz CT molecular complexity index is 3210. The lowest BCUT2D eigenvalue weighted by Crippen LogP contribution is -2.31. The summed E-state index contributed by atoms with van der Waals surface area (Å²) in [6.45, 7) is 31.9. The van der Waals surface area contributed by atoms with Crippen LogP contribution < -0.4 is 29.6 Å². The molecule has 0 bridgehead atoms. The van der Waals surface area contributed by atoms with Crippen LogP contribution in [-0.4, -0.2) is 32.9 Å². The van der Waals surface area contributed by atoms with Crippen molar-refractivity contribution >= 4 is 34.6 Å². The van der Waals surface area contributed by atoms with Gasteiger partial charge in [0.05, 0.1) is 33.4 Å². The molecule has 0 aromatic heterocycles. The van der Waals surface area contributed by atoms with E-state index < -0.39 is 26.7 Å². The quantitative estimate of drug-likeness (QED) is 0.0884. The second-order valence-electron chi connectivity index (χ2n) is 21.3. The number of anilines is 2. The molecule has 0 saturated heterocycles. The number of rotatable bonds is 12. The molecule has 14 heteroatoms. The normalized spacial score (nSPS) is 15.8. The predicted molar refractivity (Wildman–Crippen MR) is 290 cm³/mol. The summed E-state index contributed by atoms with van der Waals surface area (Å²) in [5, 5.41) is 28.4. The van der Waals surface area contributed by atoms with Gasteiger partial charge < -0.3 is 29.6 Å². The van der Waals surface area contributed by atoms with Crippen molar-refractivity contribution in [1.82, 2.24) is 0 Å². The number of ether oxygens (including phenoxy) is 4. The van der Waals surface area contributed by atoms with E-state index in [1.807, 2.05) is 27.7 Å². The number of non-ortho nitro benzene ring substituents is 1. The fraction of sp³-hybridized carbons (Fsp3) is 0.367. The zero-order valence-corrected chi connectivity index (χ0v) is 45.4. The van der Waals surface area contributed by atoms with Crippen LogP contribution in [0.1, 0.15) is 160 Å². The molecule has 2 atom stereocenters. The molecule has 2 N–H and O–H groups in total. The van der Waals surface area contributed by atoms with E-state index in [4.69, 9.17) is 18.9 Å². The number of fused-ring (bicyclic) bond motifs is 2. The van der Waals surface area contributed by atoms with Gasteiger partial charge in [0.2, 0.25) is 17.6 Å². The Balaban J connectivity index is 0.000000217. The summed E-state index contributed by atoms with van der Waals surface area (Å²) in [7, 11) is 0. The van der Waals surface area contributed by atoms with Gasteiger partial charge in [-0.1, -0.05) is 76.2 Å². The smallest absolute Gasteiger partial charge is 0.318 e. The molecule has 0 spiro atoms. The van der Waals surface area contributed by atoms with E-state index in [1.165, 1.54) is 42.7 Å². The van der Waals surface area contributed by atoms with E-state index in [9.17, 15) is 29.8 Å². The number of carbonyl (C=O) groups excluding carboxylic acids is 2. The van der Waals surface area contributed by atoms with Crippen LogP contribution in [0.25, 0.3) is 0 Å². The largest absolute Gasteiger partial charge is 0.486 e. The van der Waals surface area contributed by atoms with Crippen LogP contribution in [0.4, 0.5) is 22.7 Å². The van der Waals surface area contributed by atoms with Crippen molar-refractivity contribution in [3.63, 3.8) is 0 Å². The van der Waals surface area contributed by atoms with Crippen molar-refractivity contribution in [3.05, 3.63) is 172 Å². The van der Waals surface area contributed by atoms with Crippen molar-refractivity contribution in [2.45, 2.75) is 146 Å². The third-order valence-electron chi connectivity index (χ3n) is 14.4. The molecular formula is C60H68N4O10. The Kier molecular flexibility index (Phi) is 15.1. The molecule has 8 rings (SSSR count). The first kappa shape index (κ1) is 54.0. The number of nitrogens with one attached hydrogen (secondary N) is 2. The third-order valence-corrected chi connectivity index (χ3v) is 14.4. The highest BCUT2D eigenvalue weighted by molar-refractivity contribution is 5.94. The zero-order chi connectivity index (χ0) is 54.5. The minimum absolute atomic E-state index is 0.0253. The fourth-order valence-electron chi connectivity index (χ4n) is 10.4. The summed E-state index contributed by atoms with van der Waals surface area (Å²) in [5.74, 6) is 3.81. The Morgan fingerprint density at radius 1 is 0.554 bits per heavy atom. The first-order valence-electron chi connectivity index (χ1n) is 25.0. The molecule has 2 amide bonds. The van der Waals surface area contributed by atoms with Gasteiger partial charge in [0.15, 0.2) is 5.75 Å². The molecule has 0 aliphatic carbocycles. The Hall–Kier alpha value is -7.74. The van der Waals surface area contributed by atoms with Crippen LogP contribution >= 0.6 is 0 Å². The van der Waals surface area contributed by atoms with E-state index in [-0.39, 0.29) is 35.1 Å². The number of amides is 2. The van der Waals surface area contributed by atoms with Crippen LogP contribution in [0.5, 0.6) is 34.5 Å². The van der Waals surface area contributed by atoms with E-state index in [0.717, 1.165) is 73.4 Å². The van der Waals surface area contributed by atoms with Gasteiger partial charge in [0.1, 0.15) is 34.2 Å². The number of nitrogens with zero attached hydrogens (tertiary/aromatic N) is 2. The molecule has 388 valence electrons. The Morgan fingerprint density at radius 2 is 0.973 bits per heavy atom. The summed E-state index contributed by atoms with van der Waals surface area (Å²) >= 11 is 0. The molecule has 74 heavy (non-hydrogen) atoms. The monoisotopic (exact) mass is 1000 g/mol. The van der Waals surface area contributed by atoms with Crippen molar-refractivity contribution in [3.8, 4) is 34.5 Å². The van der Waals surface area contributed by atoms with Crippen LogP contribution in [0.2, 0.25) is 0 Å². The van der Waals surface area contributed by atoms with Gasteiger partial charge >= 0.3 is 5.69 Å². The number of nitro groups is 2. The standard InChI is InChI=1S/C32H38N2O4.C28H30N2O6/c1-17(2)23-10-12-24(13-11-23)29-28-20(5)30(18(3)19(4)31(28)38-32(29,8)9)37-27-15-14-25(33-21(6)35)16-26(27)34-22(7)36;1-15(2)19-8-10-20(11-9-19)25-24-18(5)26(16(3)17(4)27(24)36-28(25,6)7)35-23-13-12-21(29(31)32)14-22(23)30(33)34/h10-17,29H,1-9H3,(H,33,35)(H,34,36);8-15,25H,1-7H3. The maximum Gasteiger partial charge on any atom is 0.318 e. The van der Waals surface area contributed by atoms with E-state index in [1.54, 1.807) is 18.2 Å². The number of hydrogen-bond donors (Lipinski definition) is 2. The lowest BCUT2D eigenvalue weighted by molar-refractivity contribution is -0.394. The maximum atomic E-state index is 12.0. The predicted octanol–water partition coefficient (Wildman–Crippen LogP) is 15.4. The topological polar surface area (TPSA) is 181 Å². The van der Waals surface area contributed by atoms with Crippen molar-refractivity contribution in [1.29, 1.82) is 0 Å². The summed E-state index contributed by atoms with van der Waals surface area (Å²) in [6, 6.07) is 26.0. The maximum absolute atomic E-state index is 12.0. The zero-order valence-electron chi connectivity index (χ0n) is 45.4. The van der Waals surface area contributed by atoms with Crippen molar-refractivity contribution < 1.29 is 38.4 Å². The van der Waals surface area contributed by atoms with Gasteiger partial charge in [0, 0.05) is 36.7 Å². The lowest BCUT2D eigenvalue weighted by Gasteiger charge is -2.27.